The maximum absolute atomic E-state index is 12.7. The second kappa shape index (κ2) is 6.43. The molecule has 0 aliphatic carbocycles. The second-order valence-corrected chi connectivity index (χ2v) is 6.89. The van der Waals surface area contributed by atoms with Crippen molar-refractivity contribution in [2.75, 3.05) is 6.54 Å². The van der Waals surface area contributed by atoms with Crippen molar-refractivity contribution in [3.63, 3.8) is 0 Å². The molecular formula is C19H25N3O3. The minimum atomic E-state index is -0.905. The summed E-state index contributed by atoms with van der Waals surface area (Å²) in [5, 5.41) is 17.3. The number of nitrogens with zero attached hydrogens (tertiary/aromatic N) is 2. The van der Waals surface area contributed by atoms with Gasteiger partial charge in [0.2, 0.25) is 0 Å². The monoisotopic (exact) mass is 343 g/mol. The van der Waals surface area contributed by atoms with Crippen molar-refractivity contribution in [3.05, 3.63) is 40.7 Å². The Bertz CT molecular complexity index is 799. The number of phenolic OH excluding ortho intramolecular Hbond substituents is 1. The van der Waals surface area contributed by atoms with Crippen LogP contribution in [0.5, 0.6) is 11.5 Å². The molecule has 0 saturated heterocycles. The number of amides is 1. The highest BCUT2D eigenvalue weighted by Gasteiger charge is 2.40. The molecule has 1 aromatic carbocycles. The van der Waals surface area contributed by atoms with Crippen LogP contribution in [0.2, 0.25) is 0 Å². The van der Waals surface area contributed by atoms with Crippen LogP contribution in [-0.4, -0.2) is 32.9 Å². The Kier molecular flexibility index (Phi) is 4.45. The van der Waals surface area contributed by atoms with Crippen molar-refractivity contribution < 1.29 is 14.6 Å². The van der Waals surface area contributed by atoms with Gasteiger partial charge in [-0.1, -0.05) is 0 Å². The summed E-state index contributed by atoms with van der Waals surface area (Å²) in [5.74, 6) is 0.948. The molecule has 2 heterocycles. The lowest BCUT2D eigenvalue weighted by molar-refractivity contribution is -0.136. The minimum absolute atomic E-state index is 0.118. The SMILES string of the molecule is Cc1c(C)c2c(c(C)c1O)CCC(C)(C(=O)NCCn1cccn1)O2. The normalized spacial score (nSPS) is 19.2. The zero-order valence-electron chi connectivity index (χ0n) is 15.2. The Labute approximate surface area is 147 Å². The summed E-state index contributed by atoms with van der Waals surface area (Å²) in [6, 6.07) is 1.85. The summed E-state index contributed by atoms with van der Waals surface area (Å²) in [5.41, 5.74) is 2.65. The van der Waals surface area contributed by atoms with Crippen molar-refractivity contribution in [2.45, 2.75) is 52.7 Å². The maximum Gasteiger partial charge on any atom is 0.263 e. The van der Waals surface area contributed by atoms with E-state index in [9.17, 15) is 9.90 Å². The largest absolute Gasteiger partial charge is 0.507 e. The Morgan fingerprint density at radius 1 is 1.36 bits per heavy atom. The molecule has 0 fully saturated rings. The number of aromatic nitrogens is 2. The Morgan fingerprint density at radius 3 is 2.80 bits per heavy atom. The van der Waals surface area contributed by atoms with Gasteiger partial charge in [0.25, 0.3) is 5.91 Å². The van der Waals surface area contributed by atoms with Gasteiger partial charge < -0.3 is 15.2 Å². The average Bonchev–Trinajstić information content (AvgIpc) is 3.11. The molecule has 1 amide bonds. The van der Waals surface area contributed by atoms with Crippen molar-refractivity contribution in [1.82, 2.24) is 15.1 Å². The number of aromatic hydroxyl groups is 1. The Morgan fingerprint density at radius 2 is 2.12 bits per heavy atom. The van der Waals surface area contributed by atoms with E-state index in [-0.39, 0.29) is 5.91 Å². The zero-order valence-corrected chi connectivity index (χ0v) is 15.2. The fourth-order valence-electron chi connectivity index (χ4n) is 3.31. The fourth-order valence-corrected chi connectivity index (χ4v) is 3.31. The summed E-state index contributed by atoms with van der Waals surface area (Å²) in [6.07, 6.45) is 4.87. The first kappa shape index (κ1) is 17.3. The van der Waals surface area contributed by atoms with Gasteiger partial charge in [0.1, 0.15) is 11.5 Å². The van der Waals surface area contributed by atoms with E-state index in [1.54, 1.807) is 10.9 Å². The van der Waals surface area contributed by atoms with Gasteiger partial charge in [0.05, 0.1) is 6.54 Å². The van der Waals surface area contributed by atoms with E-state index < -0.39 is 5.60 Å². The highest BCUT2D eigenvalue weighted by molar-refractivity contribution is 5.85. The predicted octanol–water partition coefficient (Wildman–Crippen LogP) is 2.41. The lowest BCUT2D eigenvalue weighted by Crippen LogP contribution is -2.51. The van der Waals surface area contributed by atoms with Gasteiger partial charge in [0.15, 0.2) is 5.60 Å². The Balaban J connectivity index is 1.75. The number of hydrogen-bond acceptors (Lipinski definition) is 4. The van der Waals surface area contributed by atoms with Crippen LogP contribution >= 0.6 is 0 Å². The molecule has 0 radical (unpaired) electrons. The summed E-state index contributed by atoms with van der Waals surface area (Å²) in [4.78, 5) is 12.7. The lowest BCUT2D eigenvalue weighted by Gasteiger charge is -2.36. The first-order valence-electron chi connectivity index (χ1n) is 8.60. The standard InChI is InChI=1S/C19H25N3O3/c1-12-13(2)17-15(14(3)16(12)23)6-7-19(4,25-17)18(24)20-9-11-22-10-5-8-21-22/h5,8,10,23H,6-7,9,11H2,1-4H3,(H,20,24). The molecule has 6 nitrogen and oxygen atoms in total. The summed E-state index contributed by atoms with van der Waals surface area (Å²) in [6.45, 7) is 8.65. The van der Waals surface area contributed by atoms with E-state index in [1.165, 1.54) is 0 Å². The van der Waals surface area contributed by atoms with Crippen molar-refractivity contribution >= 4 is 5.91 Å². The molecule has 0 spiro atoms. The van der Waals surface area contributed by atoms with Gasteiger partial charge in [-0.15, -0.1) is 0 Å². The van der Waals surface area contributed by atoms with Crippen LogP contribution in [0.3, 0.4) is 0 Å². The number of fused-ring (bicyclic) bond motifs is 1. The van der Waals surface area contributed by atoms with Gasteiger partial charge in [0, 0.05) is 30.9 Å². The zero-order chi connectivity index (χ0) is 18.2. The van der Waals surface area contributed by atoms with Crippen LogP contribution in [-0.2, 0) is 17.8 Å². The lowest BCUT2D eigenvalue weighted by atomic mass is 9.86. The van der Waals surface area contributed by atoms with E-state index >= 15 is 0 Å². The van der Waals surface area contributed by atoms with Crippen molar-refractivity contribution in [3.8, 4) is 11.5 Å². The number of benzene rings is 1. The molecule has 2 aromatic rings. The van der Waals surface area contributed by atoms with Gasteiger partial charge in [-0.05, 0) is 56.9 Å². The molecule has 0 bridgehead atoms. The third-order valence-electron chi connectivity index (χ3n) is 5.19. The fraction of sp³-hybridized carbons (Fsp3) is 0.474. The number of rotatable bonds is 4. The van der Waals surface area contributed by atoms with Crippen LogP contribution in [0.1, 0.15) is 35.6 Å². The van der Waals surface area contributed by atoms with Crippen molar-refractivity contribution in [2.24, 2.45) is 0 Å². The van der Waals surface area contributed by atoms with Crippen LogP contribution < -0.4 is 10.1 Å². The maximum atomic E-state index is 12.7. The molecule has 1 aromatic heterocycles. The first-order chi connectivity index (χ1) is 11.8. The molecule has 3 rings (SSSR count). The highest BCUT2D eigenvalue weighted by atomic mass is 16.5. The van der Waals surface area contributed by atoms with Crippen LogP contribution in [0.4, 0.5) is 0 Å². The van der Waals surface area contributed by atoms with Crippen LogP contribution in [0.25, 0.3) is 0 Å². The van der Waals surface area contributed by atoms with E-state index in [2.05, 4.69) is 10.4 Å². The number of carbonyl (C=O) groups is 1. The molecule has 2 N–H and O–H groups in total. The van der Waals surface area contributed by atoms with Gasteiger partial charge in [-0.3, -0.25) is 9.48 Å². The summed E-state index contributed by atoms with van der Waals surface area (Å²) in [7, 11) is 0. The van der Waals surface area contributed by atoms with E-state index in [0.717, 1.165) is 28.0 Å². The predicted molar refractivity (Wildman–Crippen MR) is 94.9 cm³/mol. The van der Waals surface area contributed by atoms with E-state index in [4.69, 9.17) is 4.74 Å². The molecule has 0 saturated carbocycles. The molecule has 1 aliphatic rings. The van der Waals surface area contributed by atoms with Gasteiger partial charge in [-0.2, -0.15) is 5.10 Å². The number of carbonyl (C=O) groups excluding carboxylic acids is 1. The van der Waals surface area contributed by atoms with Crippen LogP contribution in [0, 0.1) is 20.8 Å². The van der Waals surface area contributed by atoms with Crippen LogP contribution in [0.15, 0.2) is 18.5 Å². The summed E-state index contributed by atoms with van der Waals surface area (Å²) < 4.78 is 7.95. The average molecular weight is 343 g/mol. The quantitative estimate of drug-likeness (QED) is 0.894. The smallest absolute Gasteiger partial charge is 0.263 e. The molecule has 6 heteroatoms. The molecule has 134 valence electrons. The number of nitrogens with one attached hydrogen (secondary N) is 1. The van der Waals surface area contributed by atoms with Gasteiger partial charge >= 0.3 is 0 Å². The molecule has 1 unspecified atom stereocenters. The van der Waals surface area contributed by atoms with Crippen molar-refractivity contribution in [1.29, 1.82) is 0 Å². The minimum Gasteiger partial charge on any atom is -0.507 e. The van der Waals surface area contributed by atoms with E-state index in [1.807, 2.05) is 40.0 Å². The molecular weight excluding hydrogens is 318 g/mol. The van der Waals surface area contributed by atoms with Gasteiger partial charge in [-0.25, -0.2) is 0 Å². The first-order valence-corrected chi connectivity index (χ1v) is 8.60. The number of phenols is 1. The second-order valence-electron chi connectivity index (χ2n) is 6.89. The number of hydrogen-bond donors (Lipinski definition) is 2. The molecule has 1 atom stereocenters. The molecule has 25 heavy (non-hydrogen) atoms. The Hall–Kier alpha value is -2.50. The molecule has 1 aliphatic heterocycles. The topological polar surface area (TPSA) is 76.4 Å². The summed E-state index contributed by atoms with van der Waals surface area (Å²) >= 11 is 0. The third-order valence-corrected chi connectivity index (χ3v) is 5.19. The third kappa shape index (κ3) is 3.08. The van der Waals surface area contributed by atoms with E-state index in [0.29, 0.717) is 31.7 Å². The highest BCUT2D eigenvalue weighted by Crippen LogP contribution is 2.43. The number of ether oxygens (including phenoxy) is 1.